The van der Waals surface area contributed by atoms with Gasteiger partial charge in [0.1, 0.15) is 6.29 Å². The summed E-state index contributed by atoms with van der Waals surface area (Å²) in [6.07, 6.45) is 3.46. The van der Waals surface area contributed by atoms with Crippen LogP contribution in [0, 0.1) is 11.8 Å². The monoisotopic (exact) mass is 168 g/mol. The summed E-state index contributed by atoms with van der Waals surface area (Å²) in [5, 5.41) is 0. The molecule has 3 heteroatoms. The Labute approximate surface area is 72.9 Å². The Bertz CT molecular complexity index is 183. The van der Waals surface area contributed by atoms with Gasteiger partial charge in [-0.05, 0) is 25.3 Å². The molecule has 0 radical (unpaired) electrons. The van der Waals surface area contributed by atoms with E-state index in [1.807, 2.05) is 0 Å². The van der Waals surface area contributed by atoms with E-state index < -0.39 is 0 Å². The van der Waals surface area contributed by atoms with Crippen LogP contribution in [0.25, 0.3) is 0 Å². The van der Waals surface area contributed by atoms with E-state index in [1.165, 1.54) is 6.42 Å². The average molecular weight is 168 g/mol. The Morgan fingerprint density at radius 2 is 2.42 bits per heavy atom. The summed E-state index contributed by atoms with van der Waals surface area (Å²) in [5.41, 5.74) is 5.65. The van der Waals surface area contributed by atoms with Crippen molar-refractivity contribution in [2.45, 2.75) is 18.9 Å². The molecule has 3 nitrogen and oxygen atoms in total. The molecule has 2 N–H and O–H groups in total. The molecule has 3 fully saturated rings. The largest absolute Gasteiger partial charge is 0.329 e. The molecule has 3 rings (SSSR count). The summed E-state index contributed by atoms with van der Waals surface area (Å²) >= 11 is 0. The van der Waals surface area contributed by atoms with Crippen molar-refractivity contribution < 1.29 is 4.79 Å². The third-order valence-corrected chi connectivity index (χ3v) is 3.38. The van der Waals surface area contributed by atoms with Crippen molar-refractivity contribution in [3.8, 4) is 0 Å². The van der Waals surface area contributed by atoms with Crippen molar-refractivity contribution in [3.05, 3.63) is 0 Å². The van der Waals surface area contributed by atoms with Crippen LogP contribution in [-0.4, -0.2) is 36.9 Å². The summed E-state index contributed by atoms with van der Waals surface area (Å²) in [4.78, 5) is 13.1. The van der Waals surface area contributed by atoms with Gasteiger partial charge in [0.25, 0.3) is 0 Å². The molecule has 2 bridgehead atoms. The summed E-state index contributed by atoms with van der Waals surface area (Å²) in [7, 11) is 0. The van der Waals surface area contributed by atoms with Crippen LogP contribution in [0.5, 0.6) is 0 Å². The second kappa shape index (κ2) is 3.15. The molecule has 0 aromatic rings. The number of aldehydes is 1. The van der Waals surface area contributed by atoms with Gasteiger partial charge in [-0.3, -0.25) is 4.90 Å². The topological polar surface area (TPSA) is 46.3 Å². The highest BCUT2D eigenvalue weighted by atomic mass is 16.1. The van der Waals surface area contributed by atoms with Gasteiger partial charge in [0, 0.05) is 25.0 Å². The quantitative estimate of drug-likeness (QED) is 0.583. The number of carbonyl (C=O) groups is 1. The maximum absolute atomic E-state index is 10.7. The molecule has 4 atom stereocenters. The number of rotatable bonds is 2. The Morgan fingerprint density at radius 3 is 2.92 bits per heavy atom. The molecule has 0 amide bonds. The molecule has 3 aliphatic heterocycles. The lowest BCUT2D eigenvalue weighted by atomic mass is 9.76. The van der Waals surface area contributed by atoms with Gasteiger partial charge in [-0.25, -0.2) is 0 Å². The summed E-state index contributed by atoms with van der Waals surface area (Å²) in [5.74, 6) is 0.919. The minimum Gasteiger partial charge on any atom is -0.329 e. The molecular formula is C9H16N2O. The highest BCUT2D eigenvalue weighted by Gasteiger charge is 2.38. The van der Waals surface area contributed by atoms with Crippen LogP contribution in [0.4, 0.5) is 0 Å². The van der Waals surface area contributed by atoms with E-state index >= 15 is 0 Å². The number of piperidine rings is 3. The van der Waals surface area contributed by atoms with Gasteiger partial charge in [-0.15, -0.1) is 0 Å². The van der Waals surface area contributed by atoms with Crippen molar-refractivity contribution >= 4 is 6.29 Å². The molecule has 0 spiro atoms. The molecule has 3 heterocycles. The number of carbonyl (C=O) groups excluding carboxylic acids is 1. The van der Waals surface area contributed by atoms with Gasteiger partial charge < -0.3 is 10.5 Å². The third-order valence-electron chi connectivity index (χ3n) is 3.38. The standard InChI is InChI=1S/C9H16N2O/c10-4-9-3-7-1-2-11(9)5-8(7)6-12/h6-9H,1-5,10H2/t7-,8+,9-/m0/s1. The molecule has 3 saturated heterocycles. The van der Waals surface area contributed by atoms with E-state index in [0.717, 1.165) is 32.3 Å². The number of nitrogens with zero attached hydrogens (tertiary/aromatic N) is 1. The van der Waals surface area contributed by atoms with Crippen molar-refractivity contribution in [1.82, 2.24) is 4.90 Å². The van der Waals surface area contributed by atoms with E-state index in [0.29, 0.717) is 17.9 Å². The van der Waals surface area contributed by atoms with Gasteiger partial charge >= 0.3 is 0 Å². The van der Waals surface area contributed by atoms with Crippen LogP contribution in [0.1, 0.15) is 12.8 Å². The Hall–Kier alpha value is -0.410. The fraction of sp³-hybridized carbons (Fsp3) is 0.889. The van der Waals surface area contributed by atoms with Crippen LogP contribution in [0.15, 0.2) is 0 Å². The molecule has 0 aromatic heterocycles. The predicted octanol–water partition coefficient (Wildman–Crippen LogP) is -0.146. The van der Waals surface area contributed by atoms with Crippen LogP contribution < -0.4 is 5.73 Å². The van der Waals surface area contributed by atoms with Gasteiger partial charge in [0.15, 0.2) is 0 Å². The van der Waals surface area contributed by atoms with Gasteiger partial charge in [0.05, 0.1) is 0 Å². The number of hydrogen-bond donors (Lipinski definition) is 1. The first-order valence-electron chi connectivity index (χ1n) is 4.74. The molecule has 3 aliphatic rings. The lowest BCUT2D eigenvalue weighted by Crippen LogP contribution is -2.56. The van der Waals surface area contributed by atoms with E-state index in [9.17, 15) is 4.79 Å². The average Bonchev–Trinajstić information content (AvgIpc) is 2.18. The van der Waals surface area contributed by atoms with Crippen molar-refractivity contribution in [2.75, 3.05) is 19.6 Å². The third kappa shape index (κ3) is 1.17. The smallest absolute Gasteiger partial charge is 0.124 e. The van der Waals surface area contributed by atoms with Crippen LogP contribution >= 0.6 is 0 Å². The first kappa shape index (κ1) is 8.20. The second-order valence-electron chi connectivity index (χ2n) is 3.97. The zero-order valence-corrected chi connectivity index (χ0v) is 7.28. The maximum Gasteiger partial charge on any atom is 0.124 e. The van der Waals surface area contributed by atoms with E-state index in [-0.39, 0.29) is 0 Å². The number of hydrogen-bond acceptors (Lipinski definition) is 3. The minimum atomic E-state index is 0.293. The summed E-state index contributed by atoms with van der Waals surface area (Å²) in [6, 6.07) is 0.556. The fourth-order valence-electron chi connectivity index (χ4n) is 2.58. The van der Waals surface area contributed by atoms with E-state index in [1.54, 1.807) is 0 Å². The first-order chi connectivity index (χ1) is 5.85. The number of nitrogens with two attached hydrogens (primary N) is 1. The molecule has 1 unspecified atom stereocenters. The molecule has 12 heavy (non-hydrogen) atoms. The number of fused-ring (bicyclic) bond motifs is 3. The molecule has 0 saturated carbocycles. The van der Waals surface area contributed by atoms with Crippen molar-refractivity contribution in [2.24, 2.45) is 17.6 Å². The second-order valence-corrected chi connectivity index (χ2v) is 3.97. The molecular weight excluding hydrogens is 152 g/mol. The lowest BCUT2D eigenvalue weighted by molar-refractivity contribution is -0.118. The van der Waals surface area contributed by atoms with Gasteiger partial charge in [-0.1, -0.05) is 0 Å². The highest BCUT2D eigenvalue weighted by Crippen LogP contribution is 2.34. The normalized spacial score (nSPS) is 46.1. The van der Waals surface area contributed by atoms with Crippen molar-refractivity contribution in [1.29, 1.82) is 0 Å². The Kier molecular flexibility index (Phi) is 2.15. The fourth-order valence-corrected chi connectivity index (χ4v) is 2.58. The Balaban J connectivity index is 2.05. The van der Waals surface area contributed by atoms with Gasteiger partial charge in [0.2, 0.25) is 0 Å². The van der Waals surface area contributed by atoms with Crippen LogP contribution in [0.2, 0.25) is 0 Å². The molecule has 0 aromatic carbocycles. The SMILES string of the molecule is NC[C@@H]1C[C@@H]2CCN1C[C@@H]2C=O. The van der Waals surface area contributed by atoms with E-state index in [2.05, 4.69) is 4.90 Å². The summed E-state index contributed by atoms with van der Waals surface area (Å²) in [6.45, 7) is 2.86. The zero-order chi connectivity index (χ0) is 8.55. The molecule has 68 valence electrons. The van der Waals surface area contributed by atoms with E-state index in [4.69, 9.17) is 5.73 Å². The summed E-state index contributed by atoms with van der Waals surface area (Å²) < 4.78 is 0. The highest BCUT2D eigenvalue weighted by molar-refractivity contribution is 5.55. The van der Waals surface area contributed by atoms with Crippen molar-refractivity contribution in [3.63, 3.8) is 0 Å². The molecule has 0 aliphatic carbocycles. The van der Waals surface area contributed by atoms with Gasteiger partial charge in [-0.2, -0.15) is 0 Å². The van der Waals surface area contributed by atoms with Crippen LogP contribution in [-0.2, 0) is 4.79 Å². The maximum atomic E-state index is 10.7. The minimum absolute atomic E-state index is 0.293. The zero-order valence-electron chi connectivity index (χ0n) is 7.28. The lowest BCUT2D eigenvalue weighted by Gasteiger charge is -2.48. The Morgan fingerprint density at radius 1 is 1.58 bits per heavy atom. The first-order valence-corrected chi connectivity index (χ1v) is 4.74. The predicted molar refractivity (Wildman–Crippen MR) is 46.7 cm³/mol. The van der Waals surface area contributed by atoms with Crippen LogP contribution in [0.3, 0.4) is 0 Å².